The van der Waals surface area contributed by atoms with Crippen LogP contribution in [0.1, 0.15) is 24.8 Å². The number of nitrogens with zero attached hydrogens (tertiary/aromatic N) is 2. The van der Waals surface area contributed by atoms with Gasteiger partial charge in [0.15, 0.2) is 0 Å². The van der Waals surface area contributed by atoms with Crippen molar-refractivity contribution in [3.8, 4) is 0 Å². The maximum absolute atomic E-state index is 12.5. The van der Waals surface area contributed by atoms with E-state index in [2.05, 4.69) is 29.2 Å². The van der Waals surface area contributed by atoms with Crippen LogP contribution in [0.3, 0.4) is 0 Å². The largest absolute Gasteiger partial charge is 0.394 e. The summed E-state index contributed by atoms with van der Waals surface area (Å²) in [5, 5.41) is 8.74. The van der Waals surface area contributed by atoms with Crippen molar-refractivity contribution < 1.29 is 14.6 Å². The highest BCUT2D eigenvalue weighted by atomic mass is 16.5. The maximum atomic E-state index is 12.5. The number of carbonyl (C=O) groups is 1. The molecule has 5 nitrogen and oxygen atoms in total. The Morgan fingerprint density at radius 1 is 1.15 bits per heavy atom. The first-order valence-electron chi connectivity index (χ1n) is 9.61. The monoisotopic (exact) mass is 358 g/mol. The number of likely N-dealkylation sites (tertiary alicyclic amines) is 2. The van der Waals surface area contributed by atoms with E-state index in [1.54, 1.807) is 0 Å². The summed E-state index contributed by atoms with van der Waals surface area (Å²) in [5.74, 6) is 0.294. The fraction of sp³-hybridized carbons (Fsp3) is 0.571. The van der Waals surface area contributed by atoms with Gasteiger partial charge in [-0.1, -0.05) is 42.5 Å². The summed E-state index contributed by atoms with van der Waals surface area (Å²) in [6.45, 7) is 5.73. The SMILES string of the molecule is O=C1CC2(CCN(CCOCCO)CC2)CN1CC=Cc1ccccc1. The van der Waals surface area contributed by atoms with Gasteiger partial charge in [-0.15, -0.1) is 0 Å². The number of ether oxygens (including phenoxy) is 1. The molecule has 1 aromatic carbocycles. The van der Waals surface area contributed by atoms with Crippen LogP contribution in [-0.2, 0) is 9.53 Å². The fourth-order valence-electron chi connectivity index (χ4n) is 3.97. The molecule has 0 aromatic heterocycles. The number of piperidine rings is 1. The third-order valence-corrected chi connectivity index (χ3v) is 5.55. The van der Waals surface area contributed by atoms with E-state index in [4.69, 9.17) is 9.84 Å². The van der Waals surface area contributed by atoms with Gasteiger partial charge in [0.1, 0.15) is 0 Å². The molecule has 0 radical (unpaired) electrons. The molecule has 0 bridgehead atoms. The van der Waals surface area contributed by atoms with Crippen LogP contribution in [0.15, 0.2) is 36.4 Å². The minimum atomic E-state index is 0.0831. The zero-order chi connectivity index (χ0) is 18.2. The third-order valence-electron chi connectivity index (χ3n) is 5.55. The summed E-state index contributed by atoms with van der Waals surface area (Å²) in [7, 11) is 0. The van der Waals surface area contributed by atoms with E-state index < -0.39 is 0 Å². The quantitative estimate of drug-likeness (QED) is 0.723. The molecule has 5 heteroatoms. The van der Waals surface area contributed by atoms with Crippen LogP contribution in [0.2, 0.25) is 0 Å². The summed E-state index contributed by atoms with van der Waals surface area (Å²) in [6.07, 6.45) is 7.05. The zero-order valence-corrected chi connectivity index (χ0v) is 15.5. The van der Waals surface area contributed by atoms with Gasteiger partial charge < -0.3 is 19.6 Å². The molecule has 2 aliphatic rings. The van der Waals surface area contributed by atoms with Crippen LogP contribution in [-0.4, -0.2) is 73.4 Å². The van der Waals surface area contributed by atoms with Crippen molar-refractivity contribution in [2.75, 3.05) is 52.5 Å². The summed E-state index contributed by atoms with van der Waals surface area (Å²) in [4.78, 5) is 16.9. The summed E-state index contributed by atoms with van der Waals surface area (Å²) < 4.78 is 5.36. The van der Waals surface area contributed by atoms with E-state index >= 15 is 0 Å². The first-order chi connectivity index (χ1) is 12.7. The normalized spacial score (nSPS) is 20.5. The summed E-state index contributed by atoms with van der Waals surface area (Å²) >= 11 is 0. The zero-order valence-electron chi connectivity index (χ0n) is 15.5. The first kappa shape index (κ1) is 19.1. The molecule has 0 saturated carbocycles. The van der Waals surface area contributed by atoms with Crippen LogP contribution in [0.25, 0.3) is 6.08 Å². The topological polar surface area (TPSA) is 53.0 Å². The van der Waals surface area contributed by atoms with Gasteiger partial charge in [0.25, 0.3) is 0 Å². The number of aliphatic hydroxyl groups is 1. The second-order valence-electron chi connectivity index (χ2n) is 7.44. The average Bonchev–Trinajstić information content (AvgIpc) is 2.96. The Kier molecular flexibility index (Phi) is 6.83. The Morgan fingerprint density at radius 2 is 1.92 bits per heavy atom. The van der Waals surface area contributed by atoms with E-state index in [0.717, 1.165) is 39.0 Å². The number of benzene rings is 1. The Labute approximate surface area is 156 Å². The van der Waals surface area contributed by atoms with Gasteiger partial charge in [-0.05, 0) is 36.9 Å². The number of hydrogen-bond acceptors (Lipinski definition) is 4. The molecule has 0 aliphatic carbocycles. The molecular formula is C21H30N2O3. The number of rotatable bonds is 8. The molecule has 2 heterocycles. The summed E-state index contributed by atoms with van der Waals surface area (Å²) in [5.41, 5.74) is 1.34. The highest BCUT2D eigenvalue weighted by Gasteiger charge is 2.44. The van der Waals surface area contributed by atoms with Crippen LogP contribution >= 0.6 is 0 Å². The highest BCUT2D eigenvalue weighted by molar-refractivity contribution is 5.79. The van der Waals surface area contributed by atoms with Crippen molar-refractivity contribution in [3.63, 3.8) is 0 Å². The Morgan fingerprint density at radius 3 is 2.65 bits per heavy atom. The van der Waals surface area contributed by atoms with Crippen LogP contribution < -0.4 is 0 Å². The van der Waals surface area contributed by atoms with E-state index in [1.807, 2.05) is 23.1 Å². The molecular weight excluding hydrogens is 328 g/mol. The first-order valence-corrected chi connectivity index (χ1v) is 9.61. The van der Waals surface area contributed by atoms with E-state index in [0.29, 0.717) is 32.1 Å². The van der Waals surface area contributed by atoms with Crippen LogP contribution in [0.4, 0.5) is 0 Å². The molecule has 3 rings (SSSR count). The lowest BCUT2D eigenvalue weighted by molar-refractivity contribution is -0.127. The molecule has 1 aromatic rings. The van der Waals surface area contributed by atoms with Gasteiger partial charge in [-0.2, -0.15) is 0 Å². The minimum absolute atomic E-state index is 0.0831. The lowest BCUT2D eigenvalue weighted by Crippen LogP contribution is -2.42. The van der Waals surface area contributed by atoms with Gasteiger partial charge in [-0.3, -0.25) is 4.79 Å². The molecule has 26 heavy (non-hydrogen) atoms. The minimum Gasteiger partial charge on any atom is -0.394 e. The lowest BCUT2D eigenvalue weighted by atomic mass is 9.77. The third kappa shape index (κ3) is 5.16. The number of amides is 1. The van der Waals surface area contributed by atoms with Crippen LogP contribution in [0, 0.1) is 5.41 Å². The van der Waals surface area contributed by atoms with E-state index in [9.17, 15) is 4.79 Å². The van der Waals surface area contributed by atoms with Crippen molar-refractivity contribution in [2.45, 2.75) is 19.3 Å². The second-order valence-corrected chi connectivity index (χ2v) is 7.44. The molecule has 2 saturated heterocycles. The van der Waals surface area contributed by atoms with E-state index in [1.165, 1.54) is 5.56 Å². The van der Waals surface area contributed by atoms with Gasteiger partial charge in [0.05, 0.1) is 19.8 Å². The van der Waals surface area contributed by atoms with Crippen molar-refractivity contribution in [1.29, 1.82) is 0 Å². The predicted molar refractivity (Wildman–Crippen MR) is 103 cm³/mol. The van der Waals surface area contributed by atoms with Gasteiger partial charge in [0.2, 0.25) is 5.91 Å². The predicted octanol–water partition coefficient (Wildman–Crippen LogP) is 2.02. The standard InChI is InChI=1S/C21H30N2O3/c24-14-16-26-15-13-22-11-8-21(9-12-22)17-20(25)23(18-21)10-4-7-19-5-2-1-3-6-19/h1-7,24H,8-18H2. The summed E-state index contributed by atoms with van der Waals surface area (Å²) in [6, 6.07) is 10.2. The Hall–Kier alpha value is -1.69. The van der Waals surface area contributed by atoms with Gasteiger partial charge in [0, 0.05) is 26.1 Å². The molecule has 2 aliphatic heterocycles. The average molecular weight is 358 g/mol. The molecule has 0 atom stereocenters. The van der Waals surface area contributed by atoms with Crippen molar-refractivity contribution in [3.05, 3.63) is 42.0 Å². The smallest absolute Gasteiger partial charge is 0.223 e. The lowest BCUT2D eigenvalue weighted by Gasteiger charge is -2.38. The van der Waals surface area contributed by atoms with Crippen molar-refractivity contribution in [2.24, 2.45) is 5.41 Å². The van der Waals surface area contributed by atoms with Crippen LogP contribution in [0.5, 0.6) is 0 Å². The molecule has 1 amide bonds. The Balaban J connectivity index is 1.43. The van der Waals surface area contributed by atoms with Crippen molar-refractivity contribution >= 4 is 12.0 Å². The molecule has 2 fully saturated rings. The van der Waals surface area contributed by atoms with Gasteiger partial charge in [-0.25, -0.2) is 0 Å². The Bertz CT molecular complexity index is 595. The molecule has 1 spiro atoms. The van der Waals surface area contributed by atoms with E-state index in [-0.39, 0.29) is 12.0 Å². The number of carbonyl (C=O) groups excluding carboxylic acids is 1. The highest BCUT2D eigenvalue weighted by Crippen LogP contribution is 2.40. The fourth-order valence-corrected chi connectivity index (χ4v) is 3.97. The molecule has 0 unspecified atom stereocenters. The molecule has 142 valence electrons. The second kappa shape index (κ2) is 9.31. The molecule has 1 N–H and O–H groups in total. The number of hydrogen-bond donors (Lipinski definition) is 1. The number of aliphatic hydroxyl groups excluding tert-OH is 1. The van der Waals surface area contributed by atoms with Gasteiger partial charge >= 0.3 is 0 Å². The van der Waals surface area contributed by atoms with Crippen molar-refractivity contribution in [1.82, 2.24) is 9.80 Å². The maximum Gasteiger partial charge on any atom is 0.223 e.